The zero-order valence-corrected chi connectivity index (χ0v) is 64.9. The monoisotopic (exact) mass is 1530 g/mol. The molecule has 0 bridgehead atoms. The molecule has 0 aliphatic rings. The maximum atomic E-state index is 5.04. The van der Waals surface area contributed by atoms with Gasteiger partial charge in [0.15, 0.2) is 34.9 Å². The largest absolute Gasteiger partial charge is 0.309 e. The molecule has 24 rings (SSSR count). The minimum absolute atomic E-state index is 0.630. The Hall–Kier alpha value is -16.3. The smallest absolute Gasteiger partial charge is 0.164 e. The highest BCUT2D eigenvalue weighted by Crippen LogP contribution is 2.44. The molecule has 10 nitrogen and oxygen atoms in total. The number of para-hydroxylation sites is 6. The van der Waals surface area contributed by atoms with Crippen molar-refractivity contribution >= 4 is 109 Å². The Morgan fingerprint density at radius 1 is 0.133 bits per heavy atom. The van der Waals surface area contributed by atoms with E-state index >= 15 is 0 Å². The molecule has 6 aromatic heterocycles. The third-order valence-corrected chi connectivity index (χ3v) is 23.5. The Morgan fingerprint density at radius 3 is 0.817 bits per heavy atom. The van der Waals surface area contributed by atoms with Crippen molar-refractivity contribution in [3.8, 4) is 113 Å². The molecule has 0 spiro atoms. The van der Waals surface area contributed by atoms with E-state index in [0.29, 0.717) is 34.9 Å². The quantitative estimate of drug-likeness (QED) is 0.121. The Kier molecular flexibility index (Phi) is 16.7. The highest BCUT2D eigenvalue weighted by molar-refractivity contribution is 6.23. The van der Waals surface area contributed by atoms with Crippen LogP contribution in [0.1, 0.15) is 0 Å². The fourth-order valence-electron chi connectivity index (χ4n) is 18.0. The van der Waals surface area contributed by atoms with Crippen molar-refractivity contribution in [1.82, 2.24) is 48.2 Å². The highest BCUT2D eigenvalue weighted by atomic mass is 15.1. The molecule has 10 heteroatoms. The number of benzene rings is 18. The van der Waals surface area contributed by atoms with E-state index in [0.717, 1.165) is 78.2 Å². The summed E-state index contributed by atoms with van der Waals surface area (Å²) < 4.78 is 9.49. The van der Waals surface area contributed by atoms with Crippen molar-refractivity contribution in [3.63, 3.8) is 0 Å². The lowest BCUT2D eigenvalue weighted by molar-refractivity contribution is 1.07. The zero-order chi connectivity index (χ0) is 79.1. The van der Waals surface area contributed by atoms with Gasteiger partial charge < -0.3 is 18.3 Å². The van der Waals surface area contributed by atoms with E-state index < -0.39 is 0 Å². The van der Waals surface area contributed by atoms with E-state index in [9.17, 15) is 0 Å². The van der Waals surface area contributed by atoms with E-state index in [-0.39, 0.29) is 0 Å². The van der Waals surface area contributed by atoms with Gasteiger partial charge in [0.2, 0.25) is 0 Å². The van der Waals surface area contributed by atoms with Crippen LogP contribution in [-0.4, -0.2) is 48.2 Å². The number of aromatic nitrogens is 10. The van der Waals surface area contributed by atoms with Gasteiger partial charge in [-0.15, -0.1) is 0 Å². The van der Waals surface area contributed by atoms with Gasteiger partial charge in [0.1, 0.15) is 0 Å². The van der Waals surface area contributed by atoms with E-state index in [1.807, 2.05) is 121 Å². The second-order valence-electron chi connectivity index (χ2n) is 30.5. The van der Waals surface area contributed by atoms with Crippen molar-refractivity contribution in [2.45, 2.75) is 0 Å². The molecule has 0 saturated carbocycles. The van der Waals surface area contributed by atoms with Gasteiger partial charge in [-0.2, -0.15) is 0 Å². The standard InChI is InChI=1S/2C55H35N5/c1-4-15-36(16-5-1)53-56-54(37-17-6-2-7-18-37)58-55(57-53)41-19-14-22-43(34-41)60-49-26-13-11-24-47(49)52-44-30-27-38(33-40(44)29-32-50(52)60)39-28-31-46-45-23-10-12-25-48(45)59(51(46)35-39)42-20-8-3-9-21-42;1-4-15-36(16-5-1)53-56-54(37-17-6-2-7-18-37)58-55(57-53)41-19-14-22-43(34-41)60-49-26-13-11-24-46(49)52-44-30-27-38(33-40(44)29-32-51(52)60)39-28-31-50-47(35-39)45-23-10-12-25-48(45)59(50)42-20-8-3-9-21-42/h2*1-35H. The maximum Gasteiger partial charge on any atom is 0.164 e. The van der Waals surface area contributed by atoms with Crippen LogP contribution in [0.15, 0.2) is 425 Å². The summed E-state index contributed by atoms with van der Waals surface area (Å²) in [5.41, 5.74) is 24.2. The van der Waals surface area contributed by atoms with Crippen LogP contribution >= 0.6 is 0 Å². The molecule has 120 heavy (non-hydrogen) atoms. The molecule has 0 fully saturated rings. The minimum Gasteiger partial charge on any atom is -0.309 e. The van der Waals surface area contributed by atoms with Crippen LogP contribution in [0.4, 0.5) is 0 Å². The molecule has 24 aromatic rings. The van der Waals surface area contributed by atoms with Gasteiger partial charge in [0.25, 0.3) is 0 Å². The number of nitrogens with zero attached hydrogens (tertiary/aromatic N) is 10. The van der Waals surface area contributed by atoms with Gasteiger partial charge in [-0.1, -0.05) is 309 Å². The van der Waals surface area contributed by atoms with Crippen molar-refractivity contribution in [1.29, 1.82) is 0 Å². The molecule has 0 N–H and O–H groups in total. The van der Waals surface area contributed by atoms with Crippen LogP contribution in [0.25, 0.3) is 222 Å². The molecule has 18 aromatic carbocycles. The van der Waals surface area contributed by atoms with Crippen molar-refractivity contribution in [2.75, 3.05) is 0 Å². The van der Waals surface area contributed by atoms with Gasteiger partial charge in [0.05, 0.1) is 44.1 Å². The summed E-state index contributed by atoms with van der Waals surface area (Å²) in [7, 11) is 0. The van der Waals surface area contributed by atoms with E-state index in [4.69, 9.17) is 29.9 Å². The van der Waals surface area contributed by atoms with Gasteiger partial charge >= 0.3 is 0 Å². The predicted molar refractivity (Wildman–Crippen MR) is 496 cm³/mol. The fourth-order valence-corrected chi connectivity index (χ4v) is 18.0. The summed E-state index contributed by atoms with van der Waals surface area (Å²) in [6.45, 7) is 0. The Bertz CT molecular complexity index is 8010. The first kappa shape index (κ1) is 69.2. The average molecular weight is 1530 g/mol. The van der Waals surface area contributed by atoms with Gasteiger partial charge in [-0.25, -0.2) is 29.9 Å². The first-order chi connectivity index (χ1) is 59.5. The second-order valence-corrected chi connectivity index (χ2v) is 30.5. The Balaban J connectivity index is 0.000000140. The van der Waals surface area contributed by atoms with Crippen LogP contribution < -0.4 is 0 Å². The SMILES string of the molecule is c1ccc(-c2nc(-c3ccccc3)nc(-c3cccc(-n4c5ccccc5c5c6ccc(-c7ccc8c(c7)c7ccccc7n8-c7ccccc7)cc6ccc54)c3)n2)cc1.c1ccc(-c2nc(-c3ccccc3)nc(-c3cccc(-n4c5ccccc5c5c6ccc(-c7ccc8c9ccccc9n(-c9ccccc9)c8c7)cc6ccc54)c3)n2)cc1. The van der Waals surface area contributed by atoms with Crippen molar-refractivity contribution < 1.29 is 0 Å². The molecule has 0 saturated heterocycles. The lowest BCUT2D eigenvalue weighted by Gasteiger charge is -2.12. The van der Waals surface area contributed by atoms with Crippen LogP contribution in [0, 0.1) is 0 Å². The summed E-state index contributed by atoms with van der Waals surface area (Å²) in [5, 5.41) is 14.8. The number of rotatable bonds is 12. The van der Waals surface area contributed by atoms with E-state index in [1.54, 1.807) is 0 Å². The first-order valence-electron chi connectivity index (χ1n) is 40.6. The van der Waals surface area contributed by atoms with Crippen LogP contribution in [0.3, 0.4) is 0 Å². The van der Waals surface area contributed by atoms with Crippen LogP contribution in [0.2, 0.25) is 0 Å². The maximum absolute atomic E-state index is 5.04. The minimum atomic E-state index is 0.630. The molecular weight excluding hydrogens is 1460 g/mol. The molecule has 0 aliphatic heterocycles. The molecular formula is C110H70N10. The molecule has 0 unspecified atom stereocenters. The highest BCUT2D eigenvalue weighted by Gasteiger charge is 2.23. The first-order valence-corrected chi connectivity index (χ1v) is 40.6. The van der Waals surface area contributed by atoms with Gasteiger partial charge in [-0.05, 0) is 159 Å². The fraction of sp³-hybridized carbons (Fsp3) is 0. The molecule has 0 aliphatic carbocycles. The lowest BCUT2D eigenvalue weighted by Crippen LogP contribution is -2.01. The summed E-state index contributed by atoms with van der Waals surface area (Å²) in [5.74, 6) is 3.84. The number of hydrogen-bond acceptors (Lipinski definition) is 6. The second kappa shape index (κ2) is 28.9. The van der Waals surface area contributed by atoms with E-state index in [1.165, 1.54) is 109 Å². The number of hydrogen-bond donors (Lipinski definition) is 0. The molecule has 0 amide bonds. The van der Waals surface area contributed by atoms with Gasteiger partial charge in [0, 0.05) is 99.2 Å². The topological polar surface area (TPSA) is 97.1 Å². The molecule has 0 atom stereocenters. The predicted octanol–water partition coefficient (Wildman–Crippen LogP) is 27.8. The third kappa shape index (κ3) is 12.0. The lowest BCUT2D eigenvalue weighted by atomic mass is 9.97. The zero-order valence-electron chi connectivity index (χ0n) is 64.9. The summed E-state index contributed by atoms with van der Waals surface area (Å²) in [6.07, 6.45) is 0. The molecule has 0 radical (unpaired) electrons. The normalized spacial score (nSPS) is 11.7. The van der Waals surface area contributed by atoms with Crippen molar-refractivity contribution in [2.24, 2.45) is 0 Å². The molecule has 6 heterocycles. The van der Waals surface area contributed by atoms with Crippen molar-refractivity contribution in [3.05, 3.63) is 425 Å². The van der Waals surface area contributed by atoms with E-state index in [2.05, 4.69) is 322 Å². The Morgan fingerprint density at radius 2 is 0.400 bits per heavy atom. The average Bonchev–Trinajstić information content (AvgIpc) is 1.65. The number of fused-ring (bicyclic) bond motifs is 16. The van der Waals surface area contributed by atoms with Gasteiger partial charge in [-0.3, -0.25) is 0 Å². The van der Waals surface area contributed by atoms with Crippen LogP contribution in [-0.2, 0) is 0 Å². The molecule has 560 valence electrons. The summed E-state index contributed by atoms with van der Waals surface area (Å²) in [6, 6.07) is 150. The summed E-state index contributed by atoms with van der Waals surface area (Å²) >= 11 is 0. The Labute approximate surface area is 690 Å². The third-order valence-electron chi connectivity index (χ3n) is 23.5. The van der Waals surface area contributed by atoms with Crippen LogP contribution in [0.5, 0.6) is 0 Å². The summed E-state index contributed by atoms with van der Waals surface area (Å²) in [4.78, 5) is 30.0.